The van der Waals surface area contributed by atoms with E-state index in [4.69, 9.17) is 14.5 Å². The maximum atomic E-state index is 10.9. The first kappa shape index (κ1) is 14.3. The first-order valence-corrected chi connectivity index (χ1v) is 5.16. The largest absolute Gasteiger partial charge is 0.413 e. The van der Waals surface area contributed by atoms with Crippen molar-refractivity contribution in [1.82, 2.24) is 0 Å². The second-order valence-electron chi connectivity index (χ2n) is 3.55. The number of nitrogens with zero attached hydrogens (tertiary/aromatic N) is 1. The predicted molar refractivity (Wildman–Crippen MR) is 58.6 cm³/mol. The van der Waals surface area contributed by atoms with E-state index in [1.807, 2.05) is 0 Å². The van der Waals surface area contributed by atoms with Gasteiger partial charge in [0.1, 0.15) is 24.0 Å². The third kappa shape index (κ3) is 3.33. The Hall–Kier alpha value is -0.795. The molecule has 0 aromatic carbocycles. The van der Waals surface area contributed by atoms with Crippen molar-refractivity contribution in [3.63, 3.8) is 0 Å². The van der Waals surface area contributed by atoms with Crippen LogP contribution in [0.25, 0.3) is 0 Å². The van der Waals surface area contributed by atoms with Crippen molar-refractivity contribution in [2.24, 2.45) is 4.99 Å². The standard InChI is InChI=1S/C9H15BNO6/c1-4(13)11-6-8(15)7(14)5(3-12)16-9(6)17-10-2/h5,7-9,12,14-15H,3H2,1-2H3/t5?,7-,8+,9-/m0/s1. The lowest BCUT2D eigenvalue weighted by atomic mass is 9.98. The maximum absolute atomic E-state index is 10.9. The lowest BCUT2D eigenvalue weighted by Gasteiger charge is -2.37. The van der Waals surface area contributed by atoms with Crippen molar-refractivity contribution in [2.75, 3.05) is 6.61 Å². The number of hydrogen-bond acceptors (Lipinski definition) is 6. The van der Waals surface area contributed by atoms with E-state index in [0.717, 1.165) is 0 Å². The first-order chi connectivity index (χ1) is 8.01. The maximum Gasteiger partial charge on any atom is 0.293 e. The molecule has 1 aliphatic rings. The molecule has 0 spiro atoms. The van der Waals surface area contributed by atoms with Crippen molar-refractivity contribution in [3.8, 4) is 0 Å². The molecular weight excluding hydrogens is 229 g/mol. The number of aliphatic hydroxyl groups excluding tert-OH is 3. The fourth-order valence-electron chi connectivity index (χ4n) is 1.50. The molecule has 0 bridgehead atoms. The van der Waals surface area contributed by atoms with Crippen molar-refractivity contribution >= 4 is 19.1 Å². The number of aliphatic imine (C=N–C) groups is 1. The molecule has 3 N–H and O–H groups in total. The van der Waals surface area contributed by atoms with Gasteiger partial charge in [0.25, 0.3) is 7.48 Å². The summed E-state index contributed by atoms with van der Waals surface area (Å²) in [6, 6.07) is 0. The zero-order valence-electron chi connectivity index (χ0n) is 9.61. The van der Waals surface area contributed by atoms with Gasteiger partial charge >= 0.3 is 0 Å². The molecule has 1 radical (unpaired) electrons. The smallest absolute Gasteiger partial charge is 0.293 e. The summed E-state index contributed by atoms with van der Waals surface area (Å²) in [5, 5.41) is 28.3. The quantitative estimate of drug-likeness (QED) is 0.500. The van der Waals surface area contributed by atoms with Crippen LogP contribution in [0.3, 0.4) is 0 Å². The van der Waals surface area contributed by atoms with Crippen LogP contribution >= 0.6 is 0 Å². The second-order valence-corrected chi connectivity index (χ2v) is 3.55. The van der Waals surface area contributed by atoms with E-state index in [1.165, 1.54) is 14.4 Å². The van der Waals surface area contributed by atoms with Crippen LogP contribution in [0.15, 0.2) is 4.99 Å². The van der Waals surface area contributed by atoms with E-state index >= 15 is 0 Å². The number of carbonyl (C=O) groups excluding carboxylic acids is 1. The molecule has 1 unspecified atom stereocenters. The SMILES string of the molecule is C[B]O[C@@H]1OC(CO)[C@H](O)[C@H](O)C1=NC(C)=O. The third-order valence-corrected chi connectivity index (χ3v) is 2.27. The Morgan fingerprint density at radius 2 is 2.24 bits per heavy atom. The Bertz CT molecular complexity index is 310. The van der Waals surface area contributed by atoms with Crippen LogP contribution in [0, 0.1) is 0 Å². The molecular formula is C9H15BNO6. The van der Waals surface area contributed by atoms with E-state index in [9.17, 15) is 15.0 Å². The number of hydrogen-bond donors (Lipinski definition) is 3. The summed E-state index contributed by atoms with van der Waals surface area (Å²) in [7, 11) is 1.30. The van der Waals surface area contributed by atoms with Gasteiger partial charge in [-0.05, 0) is 0 Å². The molecule has 7 nitrogen and oxygen atoms in total. The fraction of sp³-hybridized carbons (Fsp3) is 0.778. The van der Waals surface area contributed by atoms with Gasteiger partial charge < -0.3 is 24.7 Å². The lowest BCUT2D eigenvalue weighted by molar-refractivity contribution is -0.173. The third-order valence-electron chi connectivity index (χ3n) is 2.27. The molecule has 1 saturated heterocycles. The molecule has 0 aliphatic carbocycles. The van der Waals surface area contributed by atoms with Gasteiger partial charge in [0.05, 0.1) is 6.61 Å². The Labute approximate surface area is 99.3 Å². The minimum absolute atomic E-state index is 0.104. The summed E-state index contributed by atoms with van der Waals surface area (Å²) in [4.78, 5) is 14.5. The number of aliphatic hydroxyl groups is 3. The molecule has 1 aliphatic heterocycles. The van der Waals surface area contributed by atoms with E-state index in [-0.39, 0.29) is 5.71 Å². The molecule has 1 fully saturated rings. The van der Waals surface area contributed by atoms with Crippen LogP contribution in [0.1, 0.15) is 6.92 Å². The summed E-state index contributed by atoms with van der Waals surface area (Å²) in [6.07, 6.45) is -4.83. The van der Waals surface area contributed by atoms with Crippen molar-refractivity contribution in [2.45, 2.75) is 38.3 Å². The summed E-state index contributed by atoms with van der Waals surface area (Å²) >= 11 is 0. The second kappa shape index (κ2) is 6.22. The molecule has 8 heteroatoms. The topological polar surface area (TPSA) is 109 Å². The molecule has 95 valence electrons. The predicted octanol–water partition coefficient (Wildman–Crippen LogP) is -1.90. The Morgan fingerprint density at radius 1 is 1.59 bits per heavy atom. The Balaban J connectivity index is 2.94. The van der Waals surface area contributed by atoms with E-state index in [0.29, 0.717) is 0 Å². The Kier molecular flexibility index (Phi) is 5.22. The van der Waals surface area contributed by atoms with Gasteiger partial charge in [0, 0.05) is 6.92 Å². The minimum atomic E-state index is -1.41. The first-order valence-electron chi connectivity index (χ1n) is 5.16. The van der Waals surface area contributed by atoms with Gasteiger partial charge in [-0.2, -0.15) is 0 Å². The minimum Gasteiger partial charge on any atom is -0.413 e. The average molecular weight is 244 g/mol. The van der Waals surface area contributed by atoms with E-state index < -0.39 is 37.1 Å². The number of ether oxygens (including phenoxy) is 1. The van der Waals surface area contributed by atoms with Gasteiger partial charge in [-0.1, -0.05) is 6.82 Å². The van der Waals surface area contributed by atoms with E-state index in [1.54, 1.807) is 6.82 Å². The van der Waals surface area contributed by atoms with Gasteiger partial charge in [0.15, 0.2) is 6.29 Å². The Morgan fingerprint density at radius 3 is 2.71 bits per heavy atom. The van der Waals surface area contributed by atoms with Gasteiger partial charge in [0.2, 0.25) is 5.91 Å². The fourth-order valence-corrected chi connectivity index (χ4v) is 1.50. The lowest BCUT2D eigenvalue weighted by Crippen LogP contribution is -2.57. The van der Waals surface area contributed by atoms with Gasteiger partial charge in [-0.3, -0.25) is 4.79 Å². The van der Waals surface area contributed by atoms with Crippen LogP contribution in [0.4, 0.5) is 0 Å². The summed E-state index contributed by atoms with van der Waals surface area (Å²) < 4.78 is 10.2. The number of rotatable bonds is 3. The molecule has 4 atom stereocenters. The monoisotopic (exact) mass is 244 g/mol. The zero-order chi connectivity index (χ0) is 13.0. The summed E-state index contributed by atoms with van der Waals surface area (Å²) in [5.41, 5.74) is -0.104. The van der Waals surface area contributed by atoms with Crippen LogP contribution < -0.4 is 0 Å². The molecule has 1 amide bonds. The van der Waals surface area contributed by atoms with E-state index in [2.05, 4.69) is 4.99 Å². The molecule has 1 heterocycles. The van der Waals surface area contributed by atoms with Crippen LogP contribution in [0.5, 0.6) is 0 Å². The van der Waals surface area contributed by atoms with Crippen molar-refractivity contribution in [3.05, 3.63) is 0 Å². The van der Waals surface area contributed by atoms with Crippen molar-refractivity contribution in [1.29, 1.82) is 0 Å². The normalized spacial score (nSPS) is 35.9. The van der Waals surface area contributed by atoms with Gasteiger partial charge in [-0.25, -0.2) is 4.99 Å². The van der Waals surface area contributed by atoms with Crippen LogP contribution in [0.2, 0.25) is 6.82 Å². The highest BCUT2D eigenvalue weighted by Gasteiger charge is 2.42. The average Bonchev–Trinajstić information content (AvgIpc) is 2.28. The summed E-state index contributed by atoms with van der Waals surface area (Å²) in [6.45, 7) is 2.31. The molecule has 0 aromatic heterocycles. The molecule has 0 aromatic rings. The van der Waals surface area contributed by atoms with Crippen LogP contribution in [-0.4, -0.2) is 65.6 Å². The molecule has 1 rings (SSSR count). The highest BCUT2D eigenvalue weighted by molar-refractivity contribution is 6.25. The molecule has 0 saturated carbocycles. The van der Waals surface area contributed by atoms with Crippen LogP contribution in [-0.2, 0) is 14.2 Å². The summed E-state index contributed by atoms with van der Waals surface area (Å²) in [5.74, 6) is -0.540. The van der Waals surface area contributed by atoms with Gasteiger partial charge in [-0.15, -0.1) is 0 Å². The molecule has 17 heavy (non-hydrogen) atoms. The number of amides is 1. The highest BCUT2D eigenvalue weighted by atomic mass is 16.7. The highest BCUT2D eigenvalue weighted by Crippen LogP contribution is 2.19. The van der Waals surface area contributed by atoms with Crippen molar-refractivity contribution < 1.29 is 29.5 Å². The zero-order valence-corrected chi connectivity index (χ0v) is 9.61. The number of carbonyl (C=O) groups is 1.